The van der Waals surface area contributed by atoms with E-state index in [2.05, 4.69) is 21.6 Å². The number of carbonyl (C=O) groups is 1. The molecule has 3 rings (SSSR count). The molecule has 0 spiro atoms. The Balaban J connectivity index is 1.34. The summed E-state index contributed by atoms with van der Waals surface area (Å²) in [6.07, 6.45) is 3.50. The summed E-state index contributed by atoms with van der Waals surface area (Å²) in [5.74, 6) is 0.578. The third kappa shape index (κ3) is 5.42. The first kappa shape index (κ1) is 19.1. The molecule has 1 atom stereocenters. The molecule has 1 aromatic carbocycles. The smallest absolute Gasteiger partial charge is 0.236 e. The van der Waals surface area contributed by atoms with E-state index in [0.29, 0.717) is 24.9 Å². The number of hydrogen-bond acceptors (Lipinski definition) is 4. The summed E-state index contributed by atoms with van der Waals surface area (Å²) < 4.78 is 18.7. The van der Waals surface area contributed by atoms with Crippen molar-refractivity contribution in [3.8, 4) is 5.75 Å². The van der Waals surface area contributed by atoms with E-state index in [1.807, 2.05) is 0 Å². The minimum absolute atomic E-state index is 0.274. The molecular formula is C20H30FN3O2. The van der Waals surface area contributed by atoms with Gasteiger partial charge in [0, 0.05) is 51.4 Å². The molecule has 26 heavy (non-hydrogen) atoms. The van der Waals surface area contributed by atoms with Crippen LogP contribution in [0.3, 0.4) is 0 Å². The molecule has 1 amide bonds. The summed E-state index contributed by atoms with van der Waals surface area (Å²) in [6.45, 7) is 8.69. The van der Waals surface area contributed by atoms with Crippen molar-refractivity contribution in [2.24, 2.45) is 0 Å². The normalized spacial score (nSPS) is 22.4. The molecule has 0 aromatic heterocycles. The molecule has 0 N–H and O–H groups in total. The van der Waals surface area contributed by atoms with Gasteiger partial charge in [0.05, 0.1) is 6.54 Å². The molecule has 6 heteroatoms. The molecule has 144 valence electrons. The van der Waals surface area contributed by atoms with Gasteiger partial charge in [-0.15, -0.1) is 0 Å². The standard InChI is InChI=1S/C20H30FN3O2/c1-17-5-2-3-8-24(17)20(25)16-23-11-9-22(10-12-23)13-14-26-19-7-4-6-18(21)15-19/h4,6-7,15,17H,2-3,5,8-14,16H2,1H3. The maximum absolute atomic E-state index is 13.1. The van der Waals surface area contributed by atoms with E-state index < -0.39 is 0 Å². The molecule has 0 radical (unpaired) electrons. The Hall–Kier alpha value is -1.66. The molecule has 0 saturated carbocycles. The van der Waals surface area contributed by atoms with Gasteiger partial charge in [-0.2, -0.15) is 0 Å². The highest BCUT2D eigenvalue weighted by Gasteiger charge is 2.26. The number of carbonyl (C=O) groups excluding carboxylic acids is 1. The first-order chi connectivity index (χ1) is 12.6. The van der Waals surface area contributed by atoms with Gasteiger partial charge in [0.25, 0.3) is 0 Å². The summed E-state index contributed by atoms with van der Waals surface area (Å²) in [7, 11) is 0. The number of ether oxygens (including phenoxy) is 1. The van der Waals surface area contributed by atoms with Crippen LogP contribution in [0, 0.1) is 5.82 Å². The van der Waals surface area contributed by atoms with E-state index >= 15 is 0 Å². The lowest BCUT2D eigenvalue weighted by Gasteiger charge is -2.38. The predicted molar refractivity (Wildman–Crippen MR) is 99.8 cm³/mol. The van der Waals surface area contributed by atoms with Gasteiger partial charge in [0.2, 0.25) is 5.91 Å². The Bertz CT molecular complexity index is 590. The average Bonchev–Trinajstić information content (AvgIpc) is 2.63. The van der Waals surface area contributed by atoms with Gasteiger partial charge in [0.1, 0.15) is 18.2 Å². The van der Waals surface area contributed by atoms with Crippen LogP contribution in [0.1, 0.15) is 26.2 Å². The van der Waals surface area contributed by atoms with Crippen molar-refractivity contribution >= 4 is 5.91 Å². The Morgan fingerprint density at radius 3 is 2.65 bits per heavy atom. The number of likely N-dealkylation sites (tertiary alicyclic amines) is 1. The van der Waals surface area contributed by atoms with Gasteiger partial charge < -0.3 is 9.64 Å². The number of piperidine rings is 1. The molecular weight excluding hydrogens is 333 g/mol. The van der Waals surface area contributed by atoms with E-state index in [9.17, 15) is 9.18 Å². The van der Waals surface area contributed by atoms with Crippen LogP contribution >= 0.6 is 0 Å². The molecule has 0 aliphatic carbocycles. The van der Waals surface area contributed by atoms with Gasteiger partial charge in [-0.25, -0.2) is 4.39 Å². The first-order valence-electron chi connectivity index (χ1n) is 9.74. The second kappa shape index (κ2) is 9.33. The Labute approximate surface area is 155 Å². The molecule has 1 aromatic rings. The average molecular weight is 363 g/mol. The van der Waals surface area contributed by atoms with Crippen LogP contribution in [0.15, 0.2) is 24.3 Å². The van der Waals surface area contributed by atoms with Crippen LogP contribution in [0.5, 0.6) is 5.75 Å². The van der Waals surface area contributed by atoms with Crippen LogP contribution in [-0.4, -0.2) is 79.1 Å². The van der Waals surface area contributed by atoms with E-state index in [0.717, 1.165) is 52.1 Å². The van der Waals surface area contributed by atoms with E-state index in [1.54, 1.807) is 12.1 Å². The molecule has 2 heterocycles. The van der Waals surface area contributed by atoms with Gasteiger partial charge in [0.15, 0.2) is 0 Å². The van der Waals surface area contributed by atoms with Crippen LogP contribution in [0.4, 0.5) is 4.39 Å². The highest BCUT2D eigenvalue weighted by Crippen LogP contribution is 2.17. The van der Waals surface area contributed by atoms with Crippen LogP contribution < -0.4 is 4.74 Å². The molecule has 2 fully saturated rings. The van der Waals surface area contributed by atoms with Crippen molar-refractivity contribution in [3.63, 3.8) is 0 Å². The summed E-state index contributed by atoms with van der Waals surface area (Å²) in [5, 5.41) is 0. The summed E-state index contributed by atoms with van der Waals surface area (Å²) in [6, 6.07) is 6.64. The van der Waals surface area contributed by atoms with Crippen LogP contribution in [-0.2, 0) is 4.79 Å². The van der Waals surface area contributed by atoms with Crippen LogP contribution in [0.25, 0.3) is 0 Å². The minimum Gasteiger partial charge on any atom is -0.492 e. The Morgan fingerprint density at radius 1 is 1.15 bits per heavy atom. The summed E-state index contributed by atoms with van der Waals surface area (Å²) >= 11 is 0. The largest absolute Gasteiger partial charge is 0.492 e. The highest BCUT2D eigenvalue weighted by atomic mass is 19.1. The first-order valence-corrected chi connectivity index (χ1v) is 9.74. The van der Waals surface area contributed by atoms with E-state index in [4.69, 9.17) is 4.74 Å². The lowest BCUT2D eigenvalue weighted by molar-refractivity contribution is -0.136. The quantitative estimate of drug-likeness (QED) is 0.777. The summed E-state index contributed by atoms with van der Waals surface area (Å²) in [4.78, 5) is 19.2. The van der Waals surface area contributed by atoms with Crippen molar-refractivity contribution in [2.75, 3.05) is 52.4 Å². The topological polar surface area (TPSA) is 36.0 Å². The molecule has 1 unspecified atom stereocenters. The second-order valence-corrected chi connectivity index (χ2v) is 7.36. The van der Waals surface area contributed by atoms with E-state index in [-0.39, 0.29) is 11.7 Å². The number of benzene rings is 1. The number of rotatable bonds is 6. The monoisotopic (exact) mass is 363 g/mol. The van der Waals surface area contributed by atoms with E-state index in [1.165, 1.54) is 18.6 Å². The van der Waals surface area contributed by atoms with Gasteiger partial charge >= 0.3 is 0 Å². The molecule has 2 aliphatic heterocycles. The third-order valence-corrected chi connectivity index (χ3v) is 5.42. The fraction of sp³-hybridized carbons (Fsp3) is 0.650. The number of amides is 1. The summed E-state index contributed by atoms with van der Waals surface area (Å²) in [5.41, 5.74) is 0. The lowest BCUT2D eigenvalue weighted by Crippen LogP contribution is -2.52. The van der Waals surface area contributed by atoms with Crippen molar-refractivity contribution in [2.45, 2.75) is 32.2 Å². The van der Waals surface area contributed by atoms with Crippen LogP contribution in [0.2, 0.25) is 0 Å². The number of halogens is 1. The fourth-order valence-electron chi connectivity index (χ4n) is 3.77. The fourth-order valence-corrected chi connectivity index (χ4v) is 3.77. The molecule has 0 bridgehead atoms. The van der Waals surface area contributed by atoms with Crippen molar-refractivity contribution in [1.29, 1.82) is 0 Å². The van der Waals surface area contributed by atoms with Gasteiger partial charge in [-0.1, -0.05) is 6.07 Å². The molecule has 2 aliphatic rings. The predicted octanol–water partition coefficient (Wildman–Crippen LogP) is 2.22. The number of hydrogen-bond donors (Lipinski definition) is 0. The Kier molecular flexibility index (Phi) is 6.86. The highest BCUT2D eigenvalue weighted by molar-refractivity contribution is 5.78. The lowest BCUT2D eigenvalue weighted by atomic mass is 10.0. The van der Waals surface area contributed by atoms with Crippen molar-refractivity contribution in [1.82, 2.24) is 14.7 Å². The zero-order chi connectivity index (χ0) is 18.4. The van der Waals surface area contributed by atoms with Gasteiger partial charge in [-0.3, -0.25) is 14.6 Å². The maximum atomic E-state index is 13.1. The SMILES string of the molecule is CC1CCCCN1C(=O)CN1CCN(CCOc2cccc(F)c2)CC1. The molecule has 5 nitrogen and oxygen atoms in total. The number of piperazine rings is 1. The maximum Gasteiger partial charge on any atom is 0.236 e. The number of nitrogens with zero attached hydrogens (tertiary/aromatic N) is 3. The molecule has 2 saturated heterocycles. The van der Waals surface area contributed by atoms with Crippen molar-refractivity contribution in [3.05, 3.63) is 30.1 Å². The Morgan fingerprint density at radius 2 is 1.92 bits per heavy atom. The van der Waals surface area contributed by atoms with Crippen molar-refractivity contribution < 1.29 is 13.9 Å². The minimum atomic E-state index is -0.274. The third-order valence-electron chi connectivity index (χ3n) is 5.42. The zero-order valence-corrected chi connectivity index (χ0v) is 15.7. The zero-order valence-electron chi connectivity index (χ0n) is 15.7. The second-order valence-electron chi connectivity index (χ2n) is 7.36. The van der Waals surface area contributed by atoms with Gasteiger partial charge in [-0.05, 0) is 38.3 Å².